The van der Waals surface area contributed by atoms with E-state index >= 15 is 0 Å². The molecule has 2 heterocycles. The molecule has 0 spiro atoms. The Morgan fingerprint density at radius 2 is 2.15 bits per heavy atom. The van der Waals surface area contributed by atoms with E-state index in [0.29, 0.717) is 24.6 Å². The third-order valence-electron chi connectivity index (χ3n) is 3.78. The Hall–Kier alpha value is -1.85. The van der Waals surface area contributed by atoms with Crippen LogP contribution in [0.15, 0.2) is 6.07 Å². The lowest BCUT2D eigenvalue weighted by Gasteiger charge is -2.30. The fraction of sp³-hybridized carbons (Fsp3) is 0.643. The number of carbonyl (C=O) groups is 2. The number of aryl methyl sites for hydroxylation is 1. The van der Waals surface area contributed by atoms with E-state index < -0.39 is 11.9 Å². The molecule has 1 N–H and O–H groups in total. The van der Waals surface area contributed by atoms with E-state index in [-0.39, 0.29) is 12.5 Å². The first kappa shape index (κ1) is 14.6. The van der Waals surface area contributed by atoms with Crippen LogP contribution in [0.1, 0.15) is 48.8 Å². The van der Waals surface area contributed by atoms with Gasteiger partial charge in [-0.1, -0.05) is 13.8 Å². The summed E-state index contributed by atoms with van der Waals surface area (Å²) in [4.78, 5) is 25.1. The number of carboxylic acids is 1. The average Bonchev–Trinajstić information content (AvgIpc) is 2.80. The van der Waals surface area contributed by atoms with Gasteiger partial charge in [-0.05, 0) is 24.8 Å². The Labute approximate surface area is 118 Å². The lowest BCUT2D eigenvalue weighted by atomic mass is 9.98. The van der Waals surface area contributed by atoms with Crippen LogP contribution in [0.2, 0.25) is 0 Å². The van der Waals surface area contributed by atoms with Crippen molar-refractivity contribution in [2.24, 2.45) is 13.0 Å². The largest absolute Gasteiger partial charge is 0.481 e. The molecule has 1 saturated heterocycles. The third-order valence-corrected chi connectivity index (χ3v) is 3.78. The summed E-state index contributed by atoms with van der Waals surface area (Å²) in [6, 6.07) is 1.80. The van der Waals surface area contributed by atoms with Gasteiger partial charge in [0.1, 0.15) is 0 Å². The van der Waals surface area contributed by atoms with Crippen molar-refractivity contribution in [2.75, 3.05) is 13.1 Å². The molecule has 0 aliphatic carbocycles. The monoisotopic (exact) mass is 279 g/mol. The fourth-order valence-corrected chi connectivity index (χ4v) is 2.65. The van der Waals surface area contributed by atoms with Crippen LogP contribution < -0.4 is 0 Å². The van der Waals surface area contributed by atoms with Crippen molar-refractivity contribution in [3.8, 4) is 0 Å². The number of rotatable bonds is 3. The molecule has 1 atom stereocenters. The molecule has 0 unspecified atom stereocenters. The summed E-state index contributed by atoms with van der Waals surface area (Å²) in [7, 11) is 1.82. The van der Waals surface area contributed by atoms with Crippen LogP contribution in [-0.4, -0.2) is 44.8 Å². The van der Waals surface area contributed by atoms with Gasteiger partial charge in [0.2, 0.25) is 0 Å². The number of hydrogen-bond acceptors (Lipinski definition) is 3. The maximum Gasteiger partial charge on any atom is 0.308 e. The molecule has 0 bridgehead atoms. The lowest BCUT2D eigenvalue weighted by molar-refractivity contribution is -0.143. The third kappa shape index (κ3) is 2.84. The summed E-state index contributed by atoms with van der Waals surface area (Å²) < 4.78 is 1.72. The molecule has 1 amide bonds. The zero-order chi connectivity index (χ0) is 14.9. The summed E-state index contributed by atoms with van der Waals surface area (Å²) in [5.41, 5.74) is 1.40. The molecule has 1 aliphatic rings. The molecule has 1 fully saturated rings. The van der Waals surface area contributed by atoms with E-state index in [1.807, 2.05) is 20.9 Å². The molecule has 0 saturated carbocycles. The van der Waals surface area contributed by atoms with Crippen LogP contribution in [0.5, 0.6) is 0 Å². The Morgan fingerprint density at radius 1 is 1.45 bits per heavy atom. The lowest BCUT2D eigenvalue weighted by Crippen LogP contribution is -2.42. The second-order valence-electron chi connectivity index (χ2n) is 5.66. The molecule has 6 heteroatoms. The van der Waals surface area contributed by atoms with Gasteiger partial charge in [0, 0.05) is 25.8 Å². The van der Waals surface area contributed by atoms with E-state index in [9.17, 15) is 9.59 Å². The SMILES string of the molecule is CC(C)c1cc(C(=O)N2CCC[C@H](C(=O)O)C2)nn1C. The second kappa shape index (κ2) is 5.64. The van der Waals surface area contributed by atoms with Crippen molar-refractivity contribution >= 4 is 11.9 Å². The number of hydrogen-bond donors (Lipinski definition) is 1. The maximum atomic E-state index is 12.4. The highest BCUT2D eigenvalue weighted by atomic mass is 16.4. The standard InChI is InChI=1S/C14H21N3O3/c1-9(2)12-7-11(15-16(12)3)13(18)17-6-4-5-10(8-17)14(19)20/h7,9-10H,4-6,8H2,1-3H3,(H,19,20)/t10-/m0/s1. The van der Waals surface area contributed by atoms with Crippen LogP contribution in [0.4, 0.5) is 0 Å². The van der Waals surface area contributed by atoms with Gasteiger partial charge in [-0.2, -0.15) is 5.10 Å². The minimum Gasteiger partial charge on any atom is -0.481 e. The van der Waals surface area contributed by atoms with Crippen molar-refractivity contribution in [1.82, 2.24) is 14.7 Å². The predicted molar refractivity (Wildman–Crippen MR) is 73.6 cm³/mol. The van der Waals surface area contributed by atoms with Crippen molar-refractivity contribution in [3.63, 3.8) is 0 Å². The molecule has 1 aromatic heterocycles. The highest BCUT2D eigenvalue weighted by Crippen LogP contribution is 2.20. The van der Waals surface area contributed by atoms with Gasteiger partial charge in [-0.25, -0.2) is 0 Å². The quantitative estimate of drug-likeness (QED) is 0.909. The summed E-state index contributed by atoms with van der Waals surface area (Å²) >= 11 is 0. The number of amides is 1. The first-order chi connectivity index (χ1) is 9.40. The van der Waals surface area contributed by atoms with Gasteiger partial charge in [0.05, 0.1) is 5.92 Å². The molecule has 20 heavy (non-hydrogen) atoms. The highest BCUT2D eigenvalue weighted by Gasteiger charge is 2.29. The van der Waals surface area contributed by atoms with E-state index in [0.717, 1.165) is 12.1 Å². The normalized spacial score (nSPS) is 19.4. The number of aromatic nitrogens is 2. The van der Waals surface area contributed by atoms with Gasteiger partial charge in [-0.3, -0.25) is 14.3 Å². The number of carboxylic acid groups (broad SMARTS) is 1. The number of piperidine rings is 1. The predicted octanol–water partition coefficient (Wildman–Crippen LogP) is 1.48. The van der Waals surface area contributed by atoms with E-state index in [4.69, 9.17) is 5.11 Å². The summed E-state index contributed by atoms with van der Waals surface area (Å²) in [5.74, 6) is -1.16. The van der Waals surface area contributed by atoms with Crippen molar-refractivity contribution in [3.05, 3.63) is 17.5 Å². The molecule has 1 aromatic rings. The summed E-state index contributed by atoms with van der Waals surface area (Å²) in [6.07, 6.45) is 1.37. The Bertz CT molecular complexity index is 522. The molecular weight excluding hydrogens is 258 g/mol. The zero-order valence-electron chi connectivity index (χ0n) is 12.2. The van der Waals surface area contributed by atoms with Crippen LogP contribution in [0.25, 0.3) is 0 Å². The number of nitrogens with zero attached hydrogens (tertiary/aromatic N) is 3. The van der Waals surface area contributed by atoms with Gasteiger partial charge < -0.3 is 10.0 Å². The van der Waals surface area contributed by atoms with Crippen LogP contribution in [0.3, 0.4) is 0 Å². The molecule has 1 aliphatic heterocycles. The average molecular weight is 279 g/mol. The first-order valence-electron chi connectivity index (χ1n) is 6.96. The Morgan fingerprint density at radius 3 is 2.70 bits per heavy atom. The molecule has 0 radical (unpaired) electrons. The molecule has 110 valence electrons. The Kier molecular flexibility index (Phi) is 4.11. The van der Waals surface area contributed by atoms with Crippen LogP contribution in [0, 0.1) is 5.92 Å². The van der Waals surface area contributed by atoms with Crippen LogP contribution in [-0.2, 0) is 11.8 Å². The number of aliphatic carboxylic acids is 1. The van der Waals surface area contributed by atoms with E-state index in [2.05, 4.69) is 5.10 Å². The van der Waals surface area contributed by atoms with E-state index in [1.165, 1.54) is 0 Å². The van der Waals surface area contributed by atoms with Gasteiger partial charge in [-0.15, -0.1) is 0 Å². The maximum absolute atomic E-state index is 12.4. The second-order valence-corrected chi connectivity index (χ2v) is 5.66. The van der Waals surface area contributed by atoms with Gasteiger partial charge in [0.15, 0.2) is 5.69 Å². The summed E-state index contributed by atoms with van der Waals surface area (Å²) in [6.45, 7) is 4.98. The van der Waals surface area contributed by atoms with Crippen molar-refractivity contribution in [1.29, 1.82) is 0 Å². The highest BCUT2D eigenvalue weighted by molar-refractivity contribution is 5.92. The molecular formula is C14H21N3O3. The molecule has 0 aromatic carbocycles. The smallest absolute Gasteiger partial charge is 0.308 e. The molecule has 6 nitrogen and oxygen atoms in total. The number of likely N-dealkylation sites (tertiary alicyclic amines) is 1. The van der Waals surface area contributed by atoms with E-state index in [1.54, 1.807) is 15.6 Å². The van der Waals surface area contributed by atoms with Crippen LogP contribution >= 0.6 is 0 Å². The Balaban J connectivity index is 2.14. The number of carbonyl (C=O) groups excluding carboxylic acids is 1. The minimum atomic E-state index is -0.827. The summed E-state index contributed by atoms with van der Waals surface area (Å²) in [5, 5.41) is 13.3. The van der Waals surface area contributed by atoms with Gasteiger partial charge >= 0.3 is 5.97 Å². The topological polar surface area (TPSA) is 75.4 Å². The first-order valence-corrected chi connectivity index (χ1v) is 6.96. The van der Waals surface area contributed by atoms with Crippen molar-refractivity contribution < 1.29 is 14.7 Å². The zero-order valence-corrected chi connectivity index (χ0v) is 12.2. The van der Waals surface area contributed by atoms with Crippen molar-refractivity contribution in [2.45, 2.75) is 32.6 Å². The molecule has 2 rings (SSSR count). The minimum absolute atomic E-state index is 0.168. The fourth-order valence-electron chi connectivity index (χ4n) is 2.65. The van der Waals surface area contributed by atoms with Gasteiger partial charge in [0.25, 0.3) is 5.91 Å².